The van der Waals surface area contributed by atoms with Crippen molar-refractivity contribution in [2.24, 2.45) is 11.5 Å². The number of halogens is 1. The summed E-state index contributed by atoms with van der Waals surface area (Å²) in [6, 6.07) is 26.2. The molecule has 0 radical (unpaired) electrons. The number of alkyl carbamates (subject to hydrolysis) is 1. The third-order valence-electron chi connectivity index (χ3n) is 13.9. The molecule has 80 heavy (non-hydrogen) atoms. The van der Waals surface area contributed by atoms with Gasteiger partial charge < -0.3 is 68.0 Å². The number of ether oxygens (including phenoxy) is 2. The quantitative estimate of drug-likeness (QED) is 0.0521. The molecule has 2 fully saturated rings. The van der Waals surface area contributed by atoms with Crippen LogP contribution in [0.4, 0.5) is 4.79 Å². The van der Waals surface area contributed by atoms with Crippen LogP contribution >= 0.6 is 11.6 Å². The van der Waals surface area contributed by atoms with Gasteiger partial charge in [-0.3, -0.25) is 33.8 Å². The normalized spacial score (nSPS) is 21.2. The second-order valence-corrected chi connectivity index (χ2v) is 20.1. The maximum atomic E-state index is 15.3. The number of para-hydroxylation sites is 1. The molecule has 21 nitrogen and oxygen atoms in total. The fourth-order valence-corrected chi connectivity index (χ4v) is 9.81. The maximum Gasteiger partial charge on any atom is 0.407 e. The predicted octanol–water partition coefficient (Wildman–Crippen LogP) is 2.10. The van der Waals surface area contributed by atoms with Gasteiger partial charge in [-0.25, -0.2) is 4.79 Å². The van der Waals surface area contributed by atoms with E-state index in [1.807, 2.05) is 66.7 Å². The van der Waals surface area contributed by atoms with Crippen LogP contribution in [0, 0.1) is 0 Å². The van der Waals surface area contributed by atoms with Crippen LogP contribution in [0.2, 0.25) is 5.02 Å². The molecule has 8 rings (SSSR count). The van der Waals surface area contributed by atoms with Crippen molar-refractivity contribution < 1.29 is 43.0 Å². The molecule has 2 aromatic heterocycles. The molecule has 0 spiro atoms. The summed E-state index contributed by atoms with van der Waals surface area (Å²) >= 11 is 6.08. The van der Waals surface area contributed by atoms with Crippen LogP contribution in [0.25, 0.3) is 10.9 Å². The Morgan fingerprint density at radius 3 is 2.00 bits per heavy atom. The summed E-state index contributed by atoms with van der Waals surface area (Å²) in [6.45, 7) is 0.515. The summed E-state index contributed by atoms with van der Waals surface area (Å²) in [4.78, 5) is 112. The molecule has 0 saturated carbocycles. The van der Waals surface area contributed by atoms with Gasteiger partial charge in [0.25, 0.3) is 0 Å². The number of carbonyl (C=O) groups excluding carboxylic acids is 7. The van der Waals surface area contributed by atoms with Crippen LogP contribution in [0.5, 0.6) is 5.75 Å². The van der Waals surface area contributed by atoms with Crippen molar-refractivity contribution in [3.63, 3.8) is 0 Å². The van der Waals surface area contributed by atoms with Crippen molar-refractivity contribution in [2.75, 3.05) is 39.3 Å². The molecule has 0 bridgehead atoms. The summed E-state index contributed by atoms with van der Waals surface area (Å²) in [5, 5.41) is 21.4. The smallest absolute Gasteiger partial charge is 0.407 e. The summed E-state index contributed by atoms with van der Waals surface area (Å²) in [5.41, 5.74) is 15.8. The highest BCUT2D eigenvalue weighted by Gasteiger charge is 2.45. The van der Waals surface area contributed by atoms with Gasteiger partial charge in [-0.05, 0) is 77.1 Å². The van der Waals surface area contributed by atoms with E-state index in [4.69, 9.17) is 32.5 Å². The zero-order valence-electron chi connectivity index (χ0n) is 44.0. The molecule has 2 saturated heterocycles. The molecule has 4 heterocycles. The van der Waals surface area contributed by atoms with E-state index in [1.54, 1.807) is 60.9 Å². The molecule has 420 valence electrons. The standard InChI is InChI=1S/C58H67ClN12O9/c59-41-17-12-38(13-18-41)35-79-42-19-14-37(15-20-42)27-47-53(73)69-49(28-39-9-6-24-62-31-39)57(77)71-34-43(80-58(78)64-26-23-61)30-51(71)56(76)66-46(21-16-36-7-2-1-3-8-36)52(72)68-48(29-40-32-65-45-11-5-4-10-44(40)45)54(74)70-50(55(75)67-47)33-63-25-22-60/h1-15,17-20,24,31-32,43,46-51,63,65H,16,21-23,25-30,33-35,60-61H2,(H,64,78)(H,66,76)(H,67,75)(H,68,72)(H,69,73)(H,70,74)/t43?,46-,47-,48+,49-,50-,51-/m0/s1. The number of aromatic amines is 1. The Balaban J connectivity index is 1.18. The first kappa shape index (κ1) is 57.8. The minimum Gasteiger partial charge on any atom is -0.489 e. The van der Waals surface area contributed by atoms with Gasteiger partial charge in [0.1, 0.15) is 54.7 Å². The Kier molecular flexibility index (Phi) is 20.6. The Morgan fingerprint density at radius 2 is 1.27 bits per heavy atom. The monoisotopic (exact) mass is 1110 g/mol. The van der Waals surface area contributed by atoms with Crippen LogP contribution < -0.4 is 53.4 Å². The van der Waals surface area contributed by atoms with Crippen molar-refractivity contribution in [3.8, 4) is 5.75 Å². The molecule has 4 aromatic carbocycles. The number of H-pyrrole nitrogens is 1. The number of nitrogens with one attached hydrogen (secondary N) is 8. The summed E-state index contributed by atoms with van der Waals surface area (Å²) in [6.07, 6.45) is 2.89. The number of aryl methyl sites for hydroxylation is 1. The molecule has 2 aliphatic heterocycles. The Labute approximate surface area is 468 Å². The van der Waals surface area contributed by atoms with E-state index in [0.717, 1.165) is 22.0 Å². The number of fused-ring (bicyclic) bond motifs is 2. The summed E-state index contributed by atoms with van der Waals surface area (Å²) in [5.74, 6) is -3.93. The first-order valence-corrected chi connectivity index (χ1v) is 27.0. The van der Waals surface area contributed by atoms with Gasteiger partial charge in [0, 0.05) is 92.9 Å². The lowest BCUT2D eigenvalue weighted by Crippen LogP contribution is -2.63. The third-order valence-corrected chi connectivity index (χ3v) is 14.1. The van der Waals surface area contributed by atoms with Crippen LogP contribution in [-0.2, 0) is 65.8 Å². The number of aromatic nitrogens is 2. The van der Waals surface area contributed by atoms with Gasteiger partial charge in [-0.1, -0.05) is 90.5 Å². The van der Waals surface area contributed by atoms with E-state index in [9.17, 15) is 24.0 Å². The van der Waals surface area contributed by atoms with Crippen LogP contribution in [0.3, 0.4) is 0 Å². The zero-order valence-corrected chi connectivity index (χ0v) is 44.8. The number of pyridine rings is 1. The van der Waals surface area contributed by atoms with Gasteiger partial charge >= 0.3 is 6.09 Å². The molecule has 7 atom stereocenters. The number of hydrogen-bond donors (Lipinski definition) is 10. The largest absolute Gasteiger partial charge is 0.489 e. The first-order valence-electron chi connectivity index (χ1n) is 26.7. The van der Waals surface area contributed by atoms with E-state index in [-0.39, 0.29) is 78.0 Å². The van der Waals surface area contributed by atoms with Gasteiger partial charge in [-0.15, -0.1) is 0 Å². The lowest BCUT2D eigenvalue weighted by Gasteiger charge is -2.31. The number of rotatable bonds is 19. The minimum atomic E-state index is -1.39. The van der Waals surface area contributed by atoms with Crippen LogP contribution in [0.1, 0.15) is 40.7 Å². The maximum absolute atomic E-state index is 15.3. The molecule has 22 heteroatoms. The molecule has 0 aliphatic carbocycles. The Bertz CT molecular complexity index is 3060. The summed E-state index contributed by atoms with van der Waals surface area (Å²) in [7, 11) is 0. The van der Waals surface area contributed by atoms with Crippen molar-refractivity contribution >= 4 is 64.0 Å². The fraction of sp³-hybridized carbons (Fsp3) is 0.345. The number of amides is 7. The molecule has 7 amide bonds. The number of nitrogens with zero attached hydrogens (tertiary/aromatic N) is 2. The molecular formula is C58H67ClN12O9. The first-order chi connectivity index (χ1) is 38.8. The molecule has 12 N–H and O–H groups in total. The Morgan fingerprint density at radius 1 is 0.650 bits per heavy atom. The zero-order chi connectivity index (χ0) is 56.4. The van der Waals surface area contributed by atoms with E-state index in [2.05, 4.69) is 47.2 Å². The number of hydrogen-bond acceptors (Lipinski definition) is 13. The van der Waals surface area contributed by atoms with E-state index in [1.165, 1.54) is 11.1 Å². The topological polar surface area (TPSA) is 306 Å². The highest BCUT2D eigenvalue weighted by molar-refractivity contribution is 6.30. The SMILES string of the molecule is NCCNC[C@@H]1NC(=O)[C@@H](Cc2c[nH]c3ccccc23)NC(=O)[C@H](CCc2ccccc2)NC(=O)[C@@H]2CC(OC(=O)NCCN)CN2C(=O)[C@H](Cc2cccnc2)NC(=O)[C@H](Cc2ccc(OCc3ccc(Cl)cc3)cc2)NC1=O. The van der Waals surface area contributed by atoms with Crippen LogP contribution in [0.15, 0.2) is 134 Å². The predicted molar refractivity (Wildman–Crippen MR) is 300 cm³/mol. The molecule has 6 aromatic rings. The van der Waals surface area contributed by atoms with Crippen molar-refractivity contribution in [1.82, 2.24) is 52.1 Å². The lowest BCUT2D eigenvalue weighted by molar-refractivity contribution is -0.143. The Hall–Kier alpha value is -8.37. The van der Waals surface area contributed by atoms with E-state index >= 15 is 9.59 Å². The highest BCUT2D eigenvalue weighted by Crippen LogP contribution is 2.25. The highest BCUT2D eigenvalue weighted by atomic mass is 35.5. The van der Waals surface area contributed by atoms with E-state index < -0.39 is 83.9 Å². The second kappa shape index (κ2) is 28.5. The number of nitrogens with two attached hydrogens (primary N) is 2. The molecule has 2 aliphatic rings. The molecular weight excluding hydrogens is 1040 g/mol. The fourth-order valence-electron chi connectivity index (χ4n) is 9.68. The van der Waals surface area contributed by atoms with Crippen LogP contribution in [-0.4, -0.2) is 138 Å². The second-order valence-electron chi connectivity index (χ2n) is 19.7. The third kappa shape index (κ3) is 16.1. The molecule has 1 unspecified atom stereocenters. The number of benzene rings is 4. The van der Waals surface area contributed by atoms with Crippen molar-refractivity contribution in [3.05, 3.63) is 167 Å². The minimum absolute atomic E-state index is 0.0512. The average molecular weight is 1110 g/mol. The van der Waals surface area contributed by atoms with Crippen molar-refractivity contribution in [2.45, 2.75) is 87.5 Å². The van der Waals surface area contributed by atoms with Gasteiger partial charge in [0.2, 0.25) is 35.4 Å². The van der Waals surface area contributed by atoms with E-state index in [0.29, 0.717) is 33.9 Å². The van der Waals surface area contributed by atoms with Crippen molar-refractivity contribution in [1.29, 1.82) is 0 Å². The average Bonchev–Trinajstić information content (AvgIpc) is 4.09. The summed E-state index contributed by atoms with van der Waals surface area (Å²) < 4.78 is 11.8. The lowest BCUT2D eigenvalue weighted by atomic mass is 10.0. The van der Waals surface area contributed by atoms with Gasteiger partial charge in [-0.2, -0.15) is 0 Å². The number of carbonyl (C=O) groups is 7. The van der Waals surface area contributed by atoms with Gasteiger partial charge in [0.15, 0.2) is 0 Å². The van der Waals surface area contributed by atoms with Gasteiger partial charge in [0.05, 0.1) is 6.54 Å².